The third kappa shape index (κ3) is 5.20. The molecule has 7 heteroatoms. The van der Waals surface area contributed by atoms with E-state index < -0.39 is 5.60 Å². The van der Waals surface area contributed by atoms with Crippen molar-refractivity contribution in [1.82, 2.24) is 9.97 Å². The number of nitrogens with two attached hydrogens (primary N) is 1. The van der Waals surface area contributed by atoms with E-state index in [2.05, 4.69) is 20.6 Å². The van der Waals surface area contributed by atoms with Crippen LogP contribution in [0.15, 0.2) is 6.20 Å². The van der Waals surface area contributed by atoms with Crippen molar-refractivity contribution in [3.63, 3.8) is 0 Å². The molecule has 0 aliphatic heterocycles. The molecule has 1 aromatic heterocycles. The molecule has 26 heavy (non-hydrogen) atoms. The molecule has 1 heterocycles. The molecule has 1 aromatic rings. The van der Waals surface area contributed by atoms with Crippen molar-refractivity contribution < 1.29 is 9.84 Å². The van der Waals surface area contributed by atoms with E-state index in [0.29, 0.717) is 36.0 Å². The average molecular weight is 364 g/mol. The lowest BCUT2D eigenvalue weighted by molar-refractivity contribution is 0.0420. The third-order valence-corrected chi connectivity index (χ3v) is 5.70. The Morgan fingerprint density at radius 1 is 1.15 bits per heavy atom. The van der Waals surface area contributed by atoms with Gasteiger partial charge in [-0.05, 0) is 51.9 Å². The summed E-state index contributed by atoms with van der Waals surface area (Å²) in [6.45, 7) is 1.92. The summed E-state index contributed by atoms with van der Waals surface area (Å²) in [6, 6.07) is 0.547. The van der Waals surface area contributed by atoms with Crippen molar-refractivity contribution in [2.75, 3.05) is 23.5 Å². The van der Waals surface area contributed by atoms with Crippen molar-refractivity contribution in [3.8, 4) is 0 Å². The second-order valence-electron chi connectivity index (χ2n) is 8.14. The van der Waals surface area contributed by atoms with Crippen LogP contribution in [0.2, 0.25) is 0 Å². The molecule has 7 nitrogen and oxygen atoms in total. The first kappa shape index (κ1) is 19.2. The molecule has 0 bridgehead atoms. The van der Waals surface area contributed by atoms with E-state index in [9.17, 15) is 5.11 Å². The molecule has 2 fully saturated rings. The van der Waals surface area contributed by atoms with Gasteiger partial charge in [-0.1, -0.05) is 12.8 Å². The van der Waals surface area contributed by atoms with Gasteiger partial charge in [0.1, 0.15) is 0 Å². The smallest absolute Gasteiger partial charge is 0.224 e. The highest BCUT2D eigenvalue weighted by atomic mass is 16.5. The Bertz CT molecular complexity index is 587. The van der Waals surface area contributed by atoms with Gasteiger partial charge in [0.2, 0.25) is 5.95 Å². The Labute approximate surface area is 156 Å². The lowest BCUT2D eigenvalue weighted by Crippen LogP contribution is -2.32. The van der Waals surface area contributed by atoms with E-state index in [1.807, 2.05) is 6.92 Å². The molecule has 5 N–H and O–H groups in total. The average Bonchev–Trinajstić information content (AvgIpc) is 2.78. The number of methoxy groups -OCH3 is 1. The lowest BCUT2D eigenvalue weighted by atomic mass is 9.93. The zero-order chi connectivity index (χ0) is 18.6. The van der Waals surface area contributed by atoms with Gasteiger partial charge in [-0.15, -0.1) is 0 Å². The summed E-state index contributed by atoms with van der Waals surface area (Å²) < 4.78 is 5.43. The second-order valence-corrected chi connectivity index (χ2v) is 8.14. The first-order valence-electron chi connectivity index (χ1n) is 9.86. The van der Waals surface area contributed by atoms with E-state index >= 15 is 0 Å². The number of anilines is 3. The van der Waals surface area contributed by atoms with Crippen molar-refractivity contribution in [1.29, 1.82) is 0 Å². The molecule has 0 unspecified atom stereocenters. The number of aliphatic hydroxyl groups is 1. The zero-order valence-electron chi connectivity index (χ0n) is 16.0. The fraction of sp³-hybridized carbons (Fsp3) is 0.789. The summed E-state index contributed by atoms with van der Waals surface area (Å²) in [5.74, 6) is 1.28. The van der Waals surface area contributed by atoms with Gasteiger partial charge in [0.15, 0.2) is 5.82 Å². The summed E-state index contributed by atoms with van der Waals surface area (Å²) in [5.41, 5.74) is 6.00. The molecule has 2 aliphatic carbocycles. The topological polar surface area (TPSA) is 105 Å². The molecular formula is C19H33N5O2. The van der Waals surface area contributed by atoms with Crippen LogP contribution >= 0.6 is 0 Å². The molecule has 0 aromatic carbocycles. The number of aromatic nitrogens is 2. The molecule has 0 saturated heterocycles. The summed E-state index contributed by atoms with van der Waals surface area (Å²) in [4.78, 5) is 8.95. The zero-order valence-corrected chi connectivity index (χ0v) is 16.0. The normalized spacial score (nSPS) is 32.7. The first-order valence-corrected chi connectivity index (χ1v) is 9.86. The van der Waals surface area contributed by atoms with Gasteiger partial charge in [0.25, 0.3) is 0 Å². The molecular weight excluding hydrogens is 330 g/mol. The van der Waals surface area contributed by atoms with Gasteiger partial charge in [0.05, 0.1) is 23.6 Å². The van der Waals surface area contributed by atoms with Crippen LogP contribution in [0.1, 0.15) is 64.7 Å². The standard InChI is InChI=1S/C19H33N5O2/c1-19(25)10-4-3-5-14(11-19)22-17-16(20)12-21-18(24-17)23-13-6-8-15(26-2)9-7-13/h12-15,25H,3-11,20H2,1-2H3,(H2,21,22,23,24)/t13-,14-,15-,19+/m1/s1. The van der Waals surface area contributed by atoms with Crippen LogP contribution in [0.3, 0.4) is 0 Å². The number of nitrogens with one attached hydrogen (secondary N) is 2. The van der Waals surface area contributed by atoms with Gasteiger partial charge in [-0.3, -0.25) is 0 Å². The molecule has 2 saturated carbocycles. The van der Waals surface area contributed by atoms with E-state index in [4.69, 9.17) is 10.5 Å². The Morgan fingerprint density at radius 2 is 1.92 bits per heavy atom. The van der Waals surface area contributed by atoms with Crippen molar-refractivity contribution in [2.45, 2.75) is 88.5 Å². The van der Waals surface area contributed by atoms with Gasteiger partial charge >= 0.3 is 0 Å². The molecule has 0 radical (unpaired) electrons. The Kier molecular flexibility index (Phi) is 6.19. The van der Waals surface area contributed by atoms with Gasteiger partial charge in [-0.2, -0.15) is 4.98 Å². The second kappa shape index (κ2) is 8.39. The minimum Gasteiger partial charge on any atom is -0.394 e. The minimum atomic E-state index is -0.628. The number of nitrogens with zero attached hydrogens (tertiary/aromatic N) is 2. The summed E-state index contributed by atoms with van der Waals surface area (Å²) in [6.07, 6.45) is 11.0. The third-order valence-electron chi connectivity index (χ3n) is 5.70. The first-order chi connectivity index (χ1) is 12.4. The van der Waals surface area contributed by atoms with E-state index in [0.717, 1.165) is 51.4 Å². The molecule has 2 aliphatic rings. The van der Waals surface area contributed by atoms with Crippen molar-refractivity contribution in [2.24, 2.45) is 0 Å². The number of rotatable bonds is 5. The van der Waals surface area contributed by atoms with Crippen LogP contribution < -0.4 is 16.4 Å². The molecule has 2 atom stereocenters. The molecule has 3 rings (SSSR count). The highest BCUT2D eigenvalue weighted by Gasteiger charge is 2.28. The fourth-order valence-corrected chi connectivity index (χ4v) is 4.15. The molecule has 0 amide bonds. The van der Waals surface area contributed by atoms with Crippen LogP contribution in [0.4, 0.5) is 17.5 Å². The minimum absolute atomic E-state index is 0.176. The number of hydrogen-bond donors (Lipinski definition) is 4. The van der Waals surface area contributed by atoms with Gasteiger partial charge < -0.3 is 26.2 Å². The highest BCUT2D eigenvalue weighted by molar-refractivity contribution is 5.62. The van der Waals surface area contributed by atoms with Gasteiger partial charge in [-0.25, -0.2) is 4.98 Å². The van der Waals surface area contributed by atoms with Crippen molar-refractivity contribution >= 4 is 17.5 Å². The highest BCUT2D eigenvalue weighted by Crippen LogP contribution is 2.30. The Balaban J connectivity index is 1.62. The number of ether oxygens (including phenoxy) is 1. The molecule has 146 valence electrons. The summed E-state index contributed by atoms with van der Waals surface area (Å²) in [7, 11) is 1.78. The van der Waals surface area contributed by atoms with Crippen LogP contribution in [0.25, 0.3) is 0 Å². The van der Waals surface area contributed by atoms with E-state index in [1.165, 1.54) is 0 Å². The maximum atomic E-state index is 10.5. The van der Waals surface area contributed by atoms with Crippen molar-refractivity contribution in [3.05, 3.63) is 6.20 Å². The van der Waals surface area contributed by atoms with Crippen LogP contribution in [0.5, 0.6) is 0 Å². The van der Waals surface area contributed by atoms with E-state index in [1.54, 1.807) is 13.3 Å². The van der Waals surface area contributed by atoms with Crippen LogP contribution in [-0.2, 0) is 4.74 Å². The Morgan fingerprint density at radius 3 is 2.65 bits per heavy atom. The van der Waals surface area contributed by atoms with E-state index in [-0.39, 0.29) is 6.04 Å². The Hall–Kier alpha value is -1.60. The largest absolute Gasteiger partial charge is 0.394 e. The molecule has 0 spiro atoms. The van der Waals surface area contributed by atoms with Crippen LogP contribution in [-0.4, -0.2) is 46.0 Å². The quantitative estimate of drug-likeness (QED) is 0.596. The number of nitrogen functional groups attached to an aromatic ring is 1. The maximum absolute atomic E-state index is 10.5. The summed E-state index contributed by atoms with van der Waals surface area (Å²) in [5, 5.41) is 17.3. The SMILES string of the molecule is CO[C@H]1CC[C@H](Nc2ncc(N)c(N[C@@H]3CCCC[C@](C)(O)C3)n2)CC1. The maximum Gasteiger partial charge on any atom is 0.224 e. The predicted molar refractivity (Wildman–Crippen MR) is 104 cm³/mol. The lowest BCUT2D eigenvalue weighted by Gasteiger charge is -2.28. The fourth-order valence-electron chi connectivity index (χ4n) is 4.15. The predicted octanol–water partition coefficient (Wildman–Crippen LogP) is 2.92. The summed E-state index contributed by atoms with van der Waals surface area (Å²) >= 11 is 0. The van der Waals surface area contributed by atoms with Gasteiger partial charge in [0, 0.05) is 19.2 Å². The van der Waals surface area contributed by atoms with Crippen LogP contribution in [0, 0.1) is 0 Å². The monoisotopic (exact) mass is 363 g/mol. The number of hydrogen-bond acceptors (Lipinski definition) is 7.